The number of rotatable bonds is 5. The normalized spacial score (nSPS) is 28.8. The Balaban J connectivity index is 1.76. The lowest BCUT2D eigenvalue weighted by Crippen LogP contribution is -2.41. The van der Waals surface area contributed by atoms with Crippen molar-refractivity contribution in [2.24, 2.45) is 5.92 Å². The quantitative estimate of drug-likeness (QED) is 0.897. The van der Waals surface area contributed by atoms with E-state index in [2.05, 4.69) is 35.5 Å². The van der Waals surface area contributed by atoms with Gasteiger partial charge in [-0.2, -0.15) is 0 Å². The van der Waals surface area contributed by atoms with Crippen LogP contribution in [0.25, 0.3) is 0 Å². The molecule has 0 bridgehead atoms. The van der Waals surface area contributed by atoms with E-state index in [1.165, 1.54) is 24.1 Å². The zero-order valence-electron chi connectivity index (χ0n) is 13.3. The molecule has 1 fully saturated rings. The lowest BCUT2D eigenvalue weighted by Gasteiger charge is -2.29. The molecule has 1 N–H and O–H groups in total. The van der Waals surface area contributed by atoms with E-state index in [9.17, 15) is 0 Å². The van der Waals surface area contributed by atoms with Crippen molar-refractivity contribution in [2.75, 3.05) is 41.0 Å². The molecular formula is C17H26N2O2. The SMILES string of the molecule is CNC1c2cc(OC)ccc2CC1N1CCC(COC)C1. The van der Waals surface area contributed by atoms with Crippen LogP contribution >= 0.6 is 0 Å². The van der Waals surface area contributed by atoms with Gasteiger partial charge in [-0.3, -0.25) is 4.90 Å². The smallest absolute Gasteiger partial charge is 0.119 e. The molecule has 4 nitrogen and oxygen atoms in total. The summed E-state index contributed by atoms with van der Waals surface area (Å²) < 4.78 is 10.7. The number of hydrogen-bond acceptors (Lipinski definition) is 4. The minimum Gasteiger partial charge on any atom is -0.497 e. The molecule has 0 radical (unpaired) electrons. The molecule has 3 rings (SSSR count). The second-order valence-corrected chi connectivity index (χ2v) is 6.21. The number of fused-ring (bicyclic) bond motifs is 1. The summed E-state index contributed by atoms with van der Waals surface area (Å²) in [6, 6.07) is 7.45. The molecule has 2 aliphatic rings. The van der Waals surface area contributed by atoms with Gasteiger partial charge in [0.15, 0.2) is 0 Å². The fourth-order valence-electron chi connectivity index (χ4n) is 3.95. The summed E-state index contributed by atoms with van der Waals surface area (Å²) >= 11 is 0. The van der Waals surface area contributed by atoms with E-state index in [4.69, 9.17) is 9.47 Å². The Morgan fingerprint density at radius 3 is 2.90 bits per heavy atom. The Morgan fingerprint density at radius 1 is 1.33 bits per heavy atom. The number of nitrogens with one attached hydrogen (secondary N) is 1. The highest BCUT2D eigenvalue weighted by atomic mass is 16.5. The largest absolute Gasteiger partial charge is 0.497 e. The molecule has 1 aliphatic heterocycles. The molecule has 0 aromatic heterocycles. The number of ether oxygens (including phenoxy) is 2. The fraction of sp³-hybridized carbons (Fsp3) is 0.647. The molecule has 1 heterocycles. The molecular weight excluding hydrogens is 264 g/mol. The van der Waals surface area contributed by atoms with Crippen LogP contribution in [-0.4, -0.2) is 51.9 Å². The van der Waals surface area contributed by atoms with Gasteiger partial charge in [-0.05, 0) is 55.6 Å². The number of likely N-dealkylation sites (N-methyl/N-ethyl adjacent to an activating group) is 1. The first-order valence-corrected chi connectivity index (χ1v) is 7.84. The first-order valence-electron chi connectivity index (χ1n) is 7.84. The summed E-state index contributed by atoms with van der Waals surface area (Å²) in [7, 11) is 5.60. The van der Waals surface area contributed by atoms with Crippen molar-refractivity contribution >= 4 is 0 Å². The van der Waals surface area contributed by atoms with Crippen molar-refractivity contribution in [3.63, 3.8) is 0 Å². The van der Waals surface area contributed by atoms with Crippen LogP contribution in [0.3, 0.4) is 0 Å². The van der Waals surface area contributed by atoms with Crippen LogP contribution < -0.4 is 10.1 Å². The van der Waals surface area contributed by atoms with Gasteiger partial charge in [0.05, 0.1) is 13.7 Å². The first kappa shape index (κ1) is 14.8. The van der Waals surface area contributed by atoms with E-state index in [1.54, 1.807) is 14.2 Å². The number of hydrogen-bond donors (Lipinski definition) is 1. The standard InChI is InChI=1S/C17H26N2O2/c1-18-17-15-9-14(21-3)5-4-13(15)8-16(17)19-7-6-12(10-19)11-20-2/h4-5,9,12,16-18H,6-8,10-11H2,1-3H3. The molecule has 3 atom stereocenters. The Hall–Kier alpha value is -1.10. The minimum absolute atomic E-state index is 0.399. The van der Waals surface area contributed by atoms with Gasteiger partial charge in [-0.15, -0.1) is 0 Å². The van der Waals surface area contributed by atoms with Crippen molar-refractivity contribution in [2.45, 2.75) is 24.9 Å². The Kier molecular flexibility index (Phi) is 4.48. The van der Waals surface area contributed by atoms with Crippen molar-refractivity contribution in [1.29, 1.82) is 0 Å². The molecule has 3 unspecified atom stereocenters. The average Bonchev–Trinajstić information content (AvgIpc) is 3.10. The number of likely N-dealkylation sites (tertiary alicyclic amines) is 1. The molecule has 116 valence electrons. The van der Waals surface area contributed by atoms with E-state index < -0.39 is 0 Å². The van der Waals surface area contributed by atoms with Gasteiger partial charge in [0, 0.05) is 25.7 Å². The van der Waals surface area contributed by atoms with E-state index >= 15 is 0 Å². The molecule has 0 saturated carbocycles. The molecule has 1 aromatic rings. The van der Waals surface area contributed by atoms with Crippen LogP contribution in [0.5, 0.6) is 5.75 Å². The second kappa shape index (κ2) is 6.34. The van der Waals surface area contributed by atoms with Gasteiger partial charge in [0.25, 0.3) is 0 Å². The van der Waals surface area contributed by atoms with Gasteiger partial charge < -0.3 is 14.8 Å². The van der Waals surface area contributed by atoms with E-state index in [0.29, 0.717) is 18.0 Å². The summed E-state index contributed by atoms with van der Waals surface area (Å²) in [4.78, 5) is 2.64. The van der Waals surface area contributed by atoms with E-state index in [1.807, 2.05) is 0 Å². The fourth-order valence-corrected chi connectivity index (χ4v) is 3.95. The molecule has 0 amide bonds. The van der Waals surface area contributed by atoms with Crippen molar-refractivity contribution in [1.82, 2.24) is 10.2 Å². The topological polar surface area (TPSA) is 33.7 Å². The third kappa shape index (κ3) is 2.80. The van der Waals surface area contributed by atoms with Gasteiger partial charge in [0.2, 0.25) is 0 Å². The summed E-state index contributed by atoms with van der Waals surface area (Å²) in [6.07, 6.45) is 2.38. The Bertz CT molecular complexity index is 492. The van der Waals surface area contributed by atoms with Crippen LogP contribution in [0.4, 0.5) is 0 Å². The third-order valence-electron chi connectivity index (χ3n) is 5.00. The Morgan fingerprint density at radius 2 is 2.19 bits per heavy atom. The molecule has 1 saturated heterocycles. The predicted molar refractivity (Wildman–Crippen MR) is 83.8 cm³/mol. The highest BCUT2D eigenvalue weighted by Crippen LogP contribution is 2.38. The van der Waals surface area contributed by atoms with Crippen LogP contribution in [0.15, 0.2) is 18.2 Å². The van der Waals surface area contributed by atoms with Crippen molar-refractivity contribution in [3.8, 4) is 5.75 Å². The van der Waals surface area contributed by atoms with Crippen LogP contribution in [0.1, 0.15) is 23.6 Å². The summed E-state index contributed by atoms with van der Waals surface area (Å²) in [5.41, 5.74) is 2.85. The number of benzene rings is 1. The van der Waals surface area contributed by atoms with Crippen LogP contribution in [0.2, 0.25) is 0 Å². The molecule has 0 spiro atoms. The number of methoxy groups -OCH3 is 2. The highest BCUT2D eigenvalue weighted by molar-refractivity contribution is 5.42. The maximum absolute atomic E-state index is 5.38. The van der Waals surface area contributed by atoms with Gasteiger partial charge >= 0.3 is 0 Å². The van der Waals surface area contributed by atoms with Gasteiger partial charge in [-0.1, -0.05) is 6.07 Å². The zero-order chi connectivity index (χ0) is 14.8. The van der Waals surface area contributed by atoms with Gasteiger partial charge in [0.1, 0.15) is 5.75 Å². The van der Waals surface area contributed by atoms with Gasteiger partial charge in [-0.25, -0.2) is 0 Å². The third-order valence-corrected chi connectivity index (χ3v) is 5.00. The number of nitrogens with zero attached hydrogens (tertiary/aromatic N) is 1. The Labute approximate surface area is 127 Å². The molecule has 1 aromatic carbocycles. The maximum Gasteiger partial charge on any atom is 0.119 e. The van der Waals surface area contributed by atoms with E-state index in [-0.39, 0.29) is 0 Å². The summed E-state index contributed by atoms with van der Waals surface area (Å²) in [5, 5.41) is 3.52. The molecule has 21 heavy (non-hydrogen) atoms. The second-order valence-electron chi connectivity index (χ2n) is 6.21. The zero-order valence-corrected chi connectivity index (χ0v) is 13.3. The maximum atomic E-state index is 5.38. The van der Waals surface area contributed by atoms with Crippen LogP contribution in [0, 0.1) is 5.92 Å². The van der Waals surface area contributed by atoms with Crippen molar-refractivity contribution in [3.05, 3.63) is 29.3 Å². The first-order chi connectivity index (χ1) is 10.3. The molecule has 4 heteroatoms. The lowest BCUT2D eigenvalue weighted by molar-refractivity contribution is 0.142. The van der Waals surface area contributed by atoms with Crippen LogP contribution in [-0.2, 0) is 11.2 Å². The van der Waals surface area contributed by atoms with E-state index in [0.717, 1.165) is 25.3 Å². The summed E-state index contributed by atoms with van der Waals surface area (Å²) in [5.74, 6) is 1.64. The van der Waals surface area contributed by atoms with Crippen molar-refractivity contribution < 1.29 is 9.47 Å². The minimum atomic E-state index is 0.399. The average molecular weight is 290 g/mol. The summed E-state index contributed by atoms with van der Waals surface area (Å²) in [6.45, 7) is 3.22. The monoisotopic (exact) mass is 290 g/mol. The highest BCUT2D eigenvalue weighted by Gasteiger charge is 2.38. The predicted octanol–water partition coefficient (Wildman–Crippen LogP) is 1.85. The lowest BCUT2D eigenvalue weighted by atomic mass is 10.1. The molecule has 1 aliphatic carbocycles.